The number of rotatable bonds is 7. The van der Waals surface area contributed by atoms with Gasteiger partial charge in [0.1, 0.15) is 18.1 Å². The van der Waals surface area contributed by atoms with Gasteiger partial charge in [-0.2, -0.15) is 0 Å². The third kappa shape index (κ3) is 4.36. The Morgan fingerprint density at radius 3 is 2.44 bits per heavy atom. The molecule has 3 nitrogen and oxygen atoms in total. The van der Waals surface area contributed by atoms with Crippen molar-refractivity contribution >= 4 is 0 Å². The lowest BCUT2D eigenvalue weighted by Crippen LogP contribution is -2.18. The van der Waals surface area contributed by atoms with Crippen LogP contribution in [0, 0.1) is 0 Å². The maximum atomic E-state index is 5.57. The van der Waals surface area contributed by atoms with Gasteiger partial charge in [0.25, 0.3) is 0 Å². The van der Waals surface area contributed by atoms with Gasteiger partial charge in [-0.1, -0.05) is 13.5 Å². The van der Waals surface area contributed by atoms with E-state index in [-0.39, 0.29) is 0 Å². The first kappa shape index (κ1) is 12.6. The second kappa shape index (κ2) is 6.90. The lowest BCUT2D eigenvalue weighted by molar-refractivity contribution is 0.347. The van der Waals surface area contributed by atoms with Crippen molar-refractivity contribution in [2.24, 2.45) is 0 Å². The minimum atomic E-state index is 0.541. The molecule has 0 fully saturated rings. The van der Waals surface area contributed by atoms with Crippen LogP contribution in [0.2, 0.25) is 0 Å². The van der Waals surface area contributed by atoms with Crippen LogP contribution in [0.25, 0.3) is 0 Å². The third-order valence-corrected chi connectivity index (χ3v) is 2.13. The van der Waals surface area contributed by atoms with E-state index in [1.807, 2.05) is 24.3 Å². The van der Waals surface area contributed by atoms with E-state index in [1.165, 1.54) is 0 Å². The number of ether oxygens (including phenoxy) is 2. The molecule has 1 rings (SSSR count). The van der Waals surface area contributed by atoms with Crippen LogP contribution in [0.15, 0.2) is 36.4 Å². The molecule has 0 unspecified atom stereocenters. The first-order chi connectivity index (χ1) is 7.76. The van der Waals surface area contributed by atoms with E-state index in [4.69, 9.17) is 9.47 Å². The molecule has 0 aromatic heterocycles. The van der Waals surface area contributed by atoms with Crippen molar-refractivity contribution < 1.29 is 9.47 Å². The largest absolute Gasteiger partial charge is 0.497 e. The maximum Gasteiger partial charge on any atom is 0.120 e. The summed E-state index contributed by atoms with van der Waals surface area (Å²) in [6.07, 6.45) is 0. The number of methoxy groups -OCH3 is 1. The fourth-order valence-corrected chi connectivity index (χ4v) is 1.21. The van der Waals surface area contributed by atoms with Crippen molar-refractivity contribution in [3.8, 4) is 11.5 Å². The van der Waals surface area contributed by atoms with Crippen molar-refractivity contribution in [1.29, 1.82) is 0 Å². The topological polar surface area (TPSA) is 30.5 Å². The van der Waals surface area contributed by atoms with Crippen molar-refractivity contribution in [3.05, 3.63) is 36.4 Å². The summed E-state index contributed by atoms with van der Waals surface area (Å²) in [4.78, 5) is 0. The predicted molar refractivity (Wildman–Crippen MR) is 66.2 cm³/mol. The zero-order valence-electron chi connectivity index (χ0n) is 9.95. The summed E-state index contributed by atoms with van der Waals surface area (Å²) in [6.45, 7) is 8.28. The highest BCUT2D eigenvalue weighted by atomic mass is 16.5. The Morgan fingerprint density at radius 1 is 1.25 bits per heavy atom. The summed E-state index contributed by atoms with van der Waals surface area (Å²) in [5.41, 5.74) is 1.04. The van der Waals surface area contributed by atoms with Crippen molar-refractivity contribution in [3.63, 3.8) is 0 Å². The molecule has 0 aliphatic carbocycles. The number of hydrogen-bond donors (Lipinski definition) is 1. The molecule has 0 amide bonds. The van der Waals surface area contributed by atoms with Gasteiger partial charge in [-0.15, -0.1) is 0 Å². The molecule has 88 valence electrons. The summed E-state index contributed by atoms with van der Waals surface area (Å²) in [6, 6.07) is 7.53. The monoisotopic (exact) mass is 221 g/mol. The van der Waals surface area contributed by atoms with Crippen LogP contribution in [0.4, 0.5) is 0 Å². The van der Waals surface area contributed by atoms with E-state index >= 15 is 0 Å². The molecule has 0 bridgehead atoms. The standard InChI is InChI=1S/C13H19NO2/c1-4-14-9-11(2)10-16-13-7-5-12(15-3)6-8-13/h5-8,14H,2,4,9-10H2,1,3H3. The smallest absolute Gasteiger partial charge is 0.120 e. The van der Waals surface area contributed by atoms with E-state index in [0.717, 1.165) is 30.2 Å². The van der Waals surface area contributed by atoms with Gasteiger partial charge in [0.2, 0.25) is 0 Å². The highest BCUT2D eigenvalue weighted by molar-refractivity contribution is 5.31. The van der Waals surface area contributed by atoms with Gasteiger partial charge < -0.3 is 14.8 Å². The van der Waals surface area contributed by atoms with Gasteiger partial charge in [0.15, 0.2) is 0 Å². The Hall–Kier alpha value is -1.48. The van der Waals surface area contributed by atoms with Crippen LogP contribution >= 0.6 is 0 Å². The highest BCUT2D eigenvalue weighted by Gasteiger charge is 1.97. The van der Waals surface area contributed by atoms with Gasteiger partial charge in [-0.3, -0.25) is 0 Å². The van der Waals surface area contributed by atoms with Crippen LogP contribution in [0.3, 0.4) is 0 Å². The summed E-state index contributed by atoms with van der Waals surface area (Å²) < 4.78 is 10.6. The Bertz CT molecular complexity index is 319. The maximum absolute atomic E-state index is 5.57. The minimum Gasteiger partial charge on any atom is -0.497 e. The van der Waals surface area contributed by atoms with Crippen LogP contribution in [0.1, 0.15) is 6.92 Å². The fraction of sp³-hybridized carbons (Fsp3) is 0.385. The molecule has 0 atom stereocenters. The second-order valence-electron chi connectivity index (χ2n) is 3.49. The first-order valence-corrected chi connectivity index (χ1v) is 5.40. The van der Waals surface area contributed by atoms with Crippen LogP contribution < -0.4 is 14.8 Å². The van der Waals surface area contributed by atoms with E-state index in [1.54, 1.807) is 7.11 Å². The lowest BCUT2D eigenvalue weighted by Gasteiger charge is -2.09. The van der Waals surface area contributed by atoms with E-state index < -0.39 is 0 Å². The molecule has 1 aromatic carbocycles. The van der Waals surface area contributed by atoms with Crippen molar-refractivity contribution in [1.82, 2.24) is 5.32 Å². The summed E-state index contributed by atoms with van der Waals surface area (Å²) in [5, 5.41) is 3.20. The second-order valence-corrected chi connectivity index (χ2v) is 3.49. The average Bonchev–Trinajstić information content (AvgIpc) is 2.34. The zero-order valence-corrected chi connectivity index (χ0v) is 9.95. The van der Waals surface area contributed by atoms with E-state index in [2.05, 4.69) is 18.8 Å². The zero-order chi connectivity index (χ0) is 11.8. The van der Waals surface area contributed by atoms with E-state index in [9.17, 15) is 0 Å². The summed E-state index contributed by atoms with van der Waals surface area (Å²) >= 11 is 0. The van der Waals surface area contributed by atoms with Crippen molar-refractivity contribution in [2.45, 2.75) is 6.92 Å². The Kier molecular flexibility index (Phi) is 5.43. The first-order valence-electron chi connectivity index (χ1n) is 5.40. The molecule has 0 aliphatic heterocycles. The number of hydrogen-bond acceptors (Lipinski definition) is 3. The molecule has 0 radical (unpaired) electrons. The molecule has 0 spiro atoms. The SMILES string of the molecule is C=C(CNCC)COc1ccc(OC)cc1. The quantitative estimate of drug-likeness (QED) is 0.716. The number of benzene rings is 1. The van der Waals surface area contributed by atoms with Gasteiger partial charge in [0, 0.05) is 6.54 Å². The van der Waals surface area contributed by atoms with Crippen LogP contribution in [0.5, 0.6) is 11.5 Å². The highest BCUT2D eigenvalue weighted by Crippen LogP contribution is 2.17. The molecular formula is C13H19NO2. The number of likely N-dealkylation sites (N-methyl/N-ethyl adjacent to an activating group) is 1. The van der Waals surface area contributed by atoms with Crippen molar-refractivity contribution in [2.75, 3.05) is 26.8 Å². The average molecular weight is 221 g/mol. The fourth-order valence-electron chi connectivity index (χ4n) is 1.21. The molecule has 1 N–H and O–H groups in total. The molecule has 0 aliphatic rings. The van der Waals surface area contributed by atoms with Crippen LogP contribution in [-0.4, -0.2) is 26.8 Å². The Labute approximate surface area is 97.1 Å². The minimum absolute atomic E-state index is 0.541. The molecule has 3 heteroatoms. The Morgan fingerprint density at radius 2 is 1.88 bits per heavy atom. The molecule has 0 saturated carbocycles. The Balaban J connectivity index is 2.33. The normalized spacial score (nSPS) is 9.88. The van der Waals surface area contributed by atoms with Crippen LogP contribution in [-0.2, 0) is 0 Å². The van der Waals surface area contributed by atoms with Gasteiger partial charge in [-0.25, -0.2) is 0 Å². The molecule has 1 aromatic rings. The molecule has 0 saturated heterocycles. The van der Waals surface area contributed by atoms with Gasteiger partial charge >= 0.3 is 0 Å². The van der Waals surface area contributed by atoms with Gasteiger partial charge in [-0.05, 0) is 36.4 Å². The third-order valence-electron chi connectivity index (χ3n) is 2.13. The van der Waals surface area contributed by atoms with Gasteiger partial charge in [0.05, 0.1) is 7.11 Å². The predicted octanol–water partition coefficient (Wildman–Crippen LogP) is 2.24. The summed E-state index contributed by atoms with van der Waals surface area (Å²) in [5.74, 6) is 1.66. The number of nitrogens with one attached hydrogen (secondary N) is 1. The lowest BCUT2D eigenvalue weighted by atomic mass is 10.3. The molecule has 0 heterocycles. The van der Waals surface area contributed by atoms with E-state index in [0.29, 0.717) is 6.61 Å². The molecule has 16 heavy (non-hydrogen) atoms. The molecular weight excluding hydrogens is 202 g/mol. The summed E-state index contributed by atoms with van der Waals surface area (Å²) in [7, 11) is 1.65.